The van der Waals surface area contributed by atoms with E-state index in [1.54, 1.807) is 0 Å². The second-order valence-electron chi connectivity index (χ2n) is 1.86. The second-order valence-corrected chi connectivity index (χ2v) is 2.36. The molecule has 1 saturated heterocycles. The van der Waals surface area contributed by atoms with E-state index in [1.807, 2.05) is 11.9 Å². The predicted molar refractivity (Wildman–Crippen MR) is 30.9 cm³/mol. The summed E-state index contributed by atoms with van der Waals surface area (Å²) in [5.41, 5.74) is 0.264. The third kappa shape index (κ3) is 1.07. The van der Waals surface area contributed by atoms with Gasteiger partial charge in [0, 0.05) is 6.54 Å². The van der Waals surface area contributed by atoms with Crippen LogP contribution in [0.3, 0.4) is 0 Å². The normalized spacial score (nSPS) is 34.3. The van der Waals surface area contributed by atoms with Gasteiger partial charge in [-0.2, -0.15) is 0 Å². The summed E-state index contributed by atoms with van der Waals surface area (Å²) in [7, 11) is 2.00. The molecule has 1 rings (SSSR count). The fourth-order valence-electron chi connectivity index (χ4n) is 0.734. The van der Waals surface area contributed by atoms with Gasteiger partial charge in [0.05, 0.1) is 5.50 Å². The van der Waals surface area contributed by atoms with Crippen LogP contribution in [0.2, 0.25) is 0 Å². The molecule has 0 aromatic heterocycles. The van der Waals surface area contributed by atoms with Gasteiger partial charge >= 0.3 is 0 Å². The Morgan fingerprint density at radius 3 is 2.71 bits per heavy atom. The zero-order valence-electron chi connectivity index (χ0n) is 4.39. The number of nitrogens with zero attached hydrogens (tertiary/aromatic N) is 1. The molecule has 1 unspecified atom stereocenters. The Balaban J connectivity index is 2.33. The fourth-order valence-corrected chi connectivity index (χ4v) is 0.939. The lowest BCUT2D eigenvalue weighted by Crippen LogP contribution is -2.15. The van der Waals surface area contributed by atoms with Gasteiger partial charge in [-0.25, -0.2) is 0 Å². The monoisotopic (exact) mass is 118 g/mol. The van der Waals surface area contributed by atoms with E-state index in [9.17, 15) is 0 Å². The molecule has 0 spiro atoms. The molecule has 1 radical (unpaired) electrons. The zero-order valence-corrected chi connectivity index (χ0v) is 5.15. The van der Waals surface area contributed by atoms with Gasteiger partial charge < -0.3 is 0 Å². The van der Waals surface area contributed by atoms with Crippen LogP contribution in [0.1, 0.15) is 12.8 Å². The summed E-state index contributed by atoms with van der Waals surface area (Å²) in [6.07, 6.45) is 2.25. The topological polar surface area (TPSA) is 3.24 Å². The van der Waals surface area contributed by atoms with Gasteiger partial charge in [-0.3, -0.25) is 4.90 Å². The van der Waals surface area contributed by atoms with E-state index in [2.05, 4.69) is 6.54 Å². The quantitative estimate of drug-likeness (QED) is 0.344. The lowest BCUT2D eigenvalue weighted by molar-refractivity contribution is 0.435. The minimum atomic E-state index is 0.264. The number of halogens is 1. The van der Waals surface area contributed by atoms with E-state index in [0.717, 1.165) is 12.8 Å². The van der Waals surface area contributed by atoms with Gasteiger partial charge in [0.15, 0.2) is 0 Å². The molecular formula is C5H9ClN. The summed E-state index contributed by atoms with van der Waals surface area (Å²) < 4.78 is 0. The van der Waals surface area contributed by atoms with Crippen molar-refractivity contribution in [2.24, 2.45) is 0 Å². The van der Waals surface area contributed by atoms with Crippen molar-refractivity contribution in [3.63, 3.8) is 0 Å². The fraction of sp³-hybridized carbons (Fsp3) is 0.800. The first-order chi connectivity index (χ1) is 3.30. The molecule has 0 aromatic carbocycles. The Morgan fingerprint density at radius 1 is 1.86 bits per heavy atom. The average molecular weight is 119 g/mol. The van der Waals surface area contributed by atoms with Crippen LogP contribution in [-0.2, 0) is 0 Å². The summed E-state index contributed by atoms with van der Waals surface area (Å²) in [6.45, 7) is 2.12. The molecule has 0 bridgehead atoms. The maximum absolute atomic E-state index is 5.76. The van der Waals surface area contributed by atoms with Crippen LogP contribution in [0.4, 0.5) is 0 Å². The Bertz CT molecular complexity index is 57.1. The van der Waals surface area contributed by atoms with E-state index in [-0.39, 0.29) is 5.50 Å². The SMILES string of the molecule is CN1[CH]CCC1Cl. The molecule has 0 saturated carbocycles. The van der Waals surface area contributed by atoms with Crippen LogP contribution in [0.15, 0.2) is 0 Å². The van der Waals surface area contributed by atoms with Crippen molar-refractivity contribution in [1.29, 1.82) is 0 Å². The highest BCUT2D eigenvalue weighted by molar-refractivity contribution is 6.20. The summed E-state index contributed by atoms with van der Waals surface area (Å²) in [5, 5.41) is 0. The molecule has 7 heavy (non-hydrogen) atoms. The number of hydrogen-bond donors (Lipinski definition) is 0. The zero-order chi connectivity index (χ0) is 5.28. The highest BCUT2D eigenvalue weighted by Gasteiger charge is 2.17. The third-order valence-corrected chi connectivity index (χ3v) is 1.79. The molecule has 0 aromatic rings. The van der Waals surface area contributed by atoms with E-state index in [4.69, 9.17) is 11.6 Å². The molecule has 1 fully saturated rings. The maximum Gasteiger partial charge on any atom is 0.0851 e. The van der Waals surface area contributed by atoms with Crippen LogP contribution in [-0.4, -0.2) is 17.4 Å². The molecule has 1 heterocycles. The molecule has 0 aliphatic carbocycles. The van der Waals surface area contributed by atoms with Gasteiger partial charge in [0.2, 0.25) is 0 Å². The molecular weight excluding hydrogens is 110 g/mol. The molecule has 1 aliphatic rings. The van der Waals surface area contributed by atoms with E-state index < -0.39 is 0 Å². The predicted octanol–water partition coefficient (Wildman–Crippen LogP) is 1.44. The Morgan fingerprint density at radius 2 is 2.57 bits per heavy atom. The van der Waals surface area contributed by atoms with Gasteiger partial charge in [-0.1, -0.05) is 0 Å². The van der Waals surface area contributed by atoms with Crippen molar-refractivity contribution < 1.29 is 0 Å². The van der Waals surface area contributed by atoms with E-state index >= 15 is 0 Å². The average Bonchev–Trinajstić information content (AvgIpc) is 1.91. The lowest BCUT2D eigenvalue weighted by atomic mass is 10.4. The molecule has 1 nitrogen and oxygen atoms in total. The van der Waals surface area contributed by atoms with Crippen LogP contribution < -0.4 is 0 Å². The molecule has 0 amide bonds. The number of likely N-dealkylation sites (tertiary alicyclic amines) is 1. The second kappa shape index (κ2) is 2.01. The first-order valence-corrected chi connectivity index (χ1v) is 2.93. The maximum atomic E-state index is 5.76. The minimum absolute atomic E-state index is 0.264. The Kier molecular flexibility index (Phi) is 1.55. The van der Waals surface area contributed by atoms with Gasteiger partial charge in [-0.15, -0.1) is 11.6 Å². The largest absolute Gasteiger partial charge is 0.286 e. The first kappa shape index (κ1) is 5.39. The van der Waals surface area contributed by atoms with Crippen LogP contribution >= 0.6 is 11.6 Å². The highest BCUT2D eigenvalue weighted by atomic mass is 35.5. The summed E-state index contributed by atoms with van der Waals surface area (Å²) in [5.74, 6) is 0. The smallest absolute Gasteiger partial charge is 0.0851 e. The van der Waals surface area contributed by atoms with Crippen LogP contribution in [0.25, 0.3) is 0 Å². The summed E-state index contributed by atoms with van der Waals surface area (Å²) in [4.78, 5) is 2.04. The van der Waals surface area contributed by atoms with Gasteiger partial charge in [-0.05, 0) is 19.9 Å². The summed E-state index contributed by atoms with van der Waals surface area (Å²) in [6, 6.07) is 0. The minimum Gasteiger partial charge on any atom is -0.286 e. The van der Waals surface area contributed by atoms with Crippen molar-refractivity contribution in [1.82, 2.24) is 4.90 Å². The molecule has 0 N–H and O–H groups in total. The molecule has 2 heteroatoms. The van der Waals surface area contributed by atoms with Crippen molar-refractivity contribution in [3.05, 3.63) is 6.54 Å². The Labute approximate surface area is 49.3 Å². The van der Waals surface area contributed by atoms with Crippen molar-refractivity contribution in [2.75, 3.05) is 7.05 Å². The van der Waals surface area contributed by atoms with Crippen LogP contribution in [0, 0.1) is 6.54 Å². The van der Waals surface area contributed by atoms with Crippen molar-refractivity contribution in [2.45, 2.75) is 18.3 Å². The first-order valence-electron chi connectivity index (χ1n) is 2.50. The molecule has 41 valence electrons. The molecule has 1 aliphatic heterocycles. The standard InChI is InChI=1S/C5H9ClN/c1-7-4-2-3-5(7)6/h4-5H,2-3H2,1H3. The number of alkyl halides is 1. The number of rotatable bonds is 0. The van der Waals surface area contributed by atoms with Gasteiger partial charge in [0.25, 0.3) is 0 Å². The highest BCUT2D eigenvalue weighted by Crippen LogP contribution is 2.20. The van der Waals surface area contributed by atoms with E-state index in [1.165, 1.54) is 0 Å². The number of hydrogen-bond acceptors (Lipinski definition) is 1. The molecule has 1 atom stereocenters. The lowest BCUT2D eigenvalue weighted by Gasteiger charge is -2.09. The van der Waals surface area contributed by atoms with E-state index in [0.29, 0.717) is 0 Å². The summed E-state index contributed by atoms with van der Waals surface area (Å²) >= 11 is 5.76. The van der Waals surface area contributed by atoms with Gasteiger partial charge in [0.1, 0.15) is 0 Å². The van der Waals surface area contributed by atoms with Crippen molar-refractivity contribution >= 4 is 11.6 Å². The van der Waals surface area contributed by atoms with Crippen LogP contribution in [0.5, 0.6) is 0 Å². The Hall–Kier alpha value is 0.250. The van der Waals surface area contributed by atoms with Crippen molar-refractivity contribution in [3.8, 4) is 0 Å². The third-order valence-electron chi connectivity index (χ3n) is 1.26.